The lowest BCUT2D eigenvalue weighted by Gasteiger charge is -2.22. The quantitative estimate of drug-likeness (QED) is 0.678. The maximum atomic E-state index is 12.0. The normalized spacial score (nSPS) is 17.7. The first-order valence-electron chi connectivity index (χ1n) is 7.48. The molecule has 1 rings (SSSR count). The van der Waals surface area contributed by atoms with Crippen molar-refractivity contribution in [2.75, 3.05) is 26.2 Å². The zero-order valence-corrected chi connectivity index (χ0v) is 11.8. The van der Waals surface area contributed by atoms with Gasteiger partial charge in [-0.05, 0) is 25.8 Å². The van der Waals surface area contributed by atoms with E-state index in [0.717, 1.165) is 32.4 Å². The van der Waals surface area contributed by atoms with Gasteiger partial charge in [-0.3, -0.25) is 9.69 Å². The van der Waals surface area contributed by atoms with Gasteiger partial charge in [0, 0.05) is 19.1 Å². The maximum absolute atomic E-state index is 12.0. The topological polar surface area (TPSA) is 58.4 Å². The Hall–Kier alpha value is -0.610. The van der Waals surface area contributed by atoms with E-state index in [1.165, 1.54) is 25.7 Å². The lowest BCUT2D eigenvalue weighted by molar-refractivity contribution is -0.123. The van der Waals surface area contributed by atoms with Crippen molar-refractivity contribution in [3.05, 3.63) is 0 Å². The van der Waals surface area contributed by atoms with Gasteiger partial charge in [-0.15, -0.1) is 0 Å². The van der Waals surface area contributed by atoms with E-state index in [9.17, 15) is 4.79 Å². The molecule has 0 radical (unpaired) electrons. The van der Waals surface area contributed by atoms with Crippen molar-refractivity contribution in [1.29, 1.82) is 0 Å². The van der Waals surface area contributed by atoms with Crippen LogP contribution in [0.5, 0.6) is 0 Å². The van der Waals surface area contributed by atoms with Gasteiger partial charge in [-0.25, -0.2) is 0 Å². The van der Waals surface area contributed by atoms with Crippen LogP contribution in [-0.4, -0.2) is 43.0 Å². The second-order valence-corrected chi connectivity index (χ2v) is 5.32. The SMILES string of the molecule is CCCN(CCN)CC(=O)NC1CCCCCC1. The van der Waals surface area contributed by atoms with Gasteiger partial charge in [0.05, 0.1) is 6.54 Å². The summed E-state index contributed by atoms with van der Waals surface area (Å²) >= 11 is 0. The van der Waals surface area contributed by atoms with Crippen LogP contribution in [0.25, 0.3) is 0 Å². The Morgan fingerprint density at radius 2 is 1.89 bits per heavy atom. The smallest absolute Gasteiger partial charge is 0.234 e. The van der Waals surface area contributed by atoms with E-state index < -0.39 is 0 Å². The van der Waals surface area contributed by atoms with Crippen molar-refractivity contribution in [2.45, 2.75) is 57.9 Å². The van der Waals surface area contributed by atoms with E-state index in [4.69, 9.17) is 5.73 Å². The number of nitrogens with zero attached hydrogens (tertiary/aromatic N) is 1. The molecule has 4 heteroatoms. The van der Waals surface area contributed by atoms with E-state index >= 15 is 0 Å². The summed E-state index contributed by atoms with van der Waals surface area (Å²) in [4.78, 5) is 14.1. The molecule has 1 aliphatic rings. The van der Waals surface area contributed by atoms with Crippen molar-refractivity contribution in [3.63, 3.8) is 0 Å². The lowest BCUT2D eigenvalue weighted by Crippen LogP contribution is -2.43. The third kappa shape index (κ3) is 6.36. The number of hydrogen-bond acceptors (Lipinski definition) is 3. The summed E-state index contributed by atoms with van der Waals surface area (Å²) in [6.07, 6.45) is 8.52. The molecule has 4 nitrogen and oxygen atoms in total. The number of nitrogens with one attached hydrogen (secondary N) is 1. The third-order valence-corrected chi connectivity index (χ3v) is 3.57. The van der Waals surface area contributed by atoms with Gasteiger partial charge in [0.2, 0.25) is 5.91 Å². The van der Waals surface area contributed by atoms with Crippen LogP contribution in [0.15, 0.2) is 0 Å². The summed E-state index contributed by atoms with van der Waals surface area (Å²) in [5, 5.41) is 3.18. The first-order chi connectivity index (χ1) is 8.76. The Balaban J connectivity index is 2.29. The van der Waals surface area contributed by atoms with Crippen LogP contribution in [0.4, 0.5) is 0 Å². The van der Waals surface area contributed by atoms with E-state index in [1.54, 1.807) is 0 Å². The molecule has 0 aromatic heterocycles. The van der Waals surface area contributed by atoms with E-state index in [2.05, 4.69) is 17.1 Å². The summed E-state index contributed by atoms with van der Waals surface area (Å²) in [5.41, 5.74) is 5.57. The molecule has 1 amide bonds. The average Bonchev–Trinajstić information content (AvgIpc) is 2.58. The first kappa shape index (κ1) is 15.4. The Bertz CT molecular complexity index is 213. The monoisotopic (exact) mass is 255 g/mol. The van der Waals surface area contributed by atoms with Crippen molar-refractivity contribution in [2.24, 2.45) is 5.73 Å². The van der Waals surface area contributed by atoms with Gasteiger partial charge in [-0.1, -0.05) is 32.6 Å². The number of carbonyl (C=O) groups excluding carboxylic acids is 1. The predicted octanol–water partition coefficient (Wildman–Crippen LogP) is 1.50. The van der Waals surface area contributed by atoms with Crippen molar-refractivity contribution in [1.82, 2.24) is 10.2 Å². The number of carbonyl (C=O) groups is 1. The molecule has 0 atom stereocenters. The molecule has 1 fully saturated rings. The van der Waals surface area contributed by atoms with Crippen LogP contribution >= 0.6 is 0 Å². The second kappa shape index (κ2) is 9.34. The second-order valence-electron chi connectivity index (χ2n) is 5.32. The highest BCUT2D eigenvalue weighted by Crippen LogP contribution is 2.17. The summed E-state index contributed by atoms with van der Waals surface area (Å²) in [6.45, 7) is 5.02. The van der Waals surface area contributed by atoms with Gasteiger partial charge in [0.15, 0.2) is 0 Å². The summed E-state index contributed by atoms with van der Waals surface area (Å²) in [5.74, 6) is 0.170. The standard InChI is InChI=1S/C14H29N3O/c1-2-10-17(11-9-15)12-14(18)16-13-7-5-3-4-6-8-13/h13H,2-12,15H2,1H3,(H,16,18). The van der Waals surface area contributed by atoms with Crippen LogP contribution in [0.2, 0.25) is 0 Å². The molecule has 1 aliphatic carbocycles. The fraction of sp³-hybridized carbons (Fsp3) is 0.929. The van der Waals surface area contributed by atoms with Crippen molar-refractivity contribution >= 4 is 5.91 Å². The van der Waals surface area contributed by atoms with Crippen LogP contribution in [0, 0.1) is 0 Å². The number of amides is 1. The number of rotatable bonds is 7. The minimum atomic E-state index is 0.170. The zero-order valence-electron chi connectivity index (χ0n) is 11.8. The molecular formula is C14H29N3O. The van der Waals surface area contributed by atoms with Crippen LogP contribution in [0.3, 0.4) is 0 Å². The maximum Gasteiger partial charge on any atom is 0.234 e. The molecule has 106 valence electrons. The highest BCUT2D eigenvalue weighted by atomic mass is 16.2. The van der Waals surface area contributed by atoms with Gasteiger partial charge in [-0.2, -0.15) is 0 Å². The summed E-state index contributed by atoms with van der Waals surface area (Å²) in [6, 6.07) is 0.404. The van der Waals surface area contributed by atoms with Gasteiger partial charge in [0.25, 0.3) is 0 Å². The van der Waals surface area contributed by atoms with Crippen LogP contribution in [-0.2, 0) is 4.79 Å². The van der Waals surface area contributed by atoms with E-state index in [0.29, 0.717) is 19.1 Å². The molecule has 0 aromatic rings. The van der Waals surface area contributed by atoms with Gasteiger partial charge >= 0.3 is 0 Å². The molecule has 18 heavy (non-hydrogen) atoms. The molecule has 0 aromatic carbocycles. The molecule has 0 spiro atoms. The molecule has 0 bridgehead atoms. The first-order valence-corrected chi connectivity index (χ1v) is 7.48. The Kier molecular flexibility index (Phi) is 8.01. The Labute approximate surface area is 111 Å². The van der Waals surface area contributed by atoms with E-state index in [-0.39, 0.29) is 5.91 Å². The molecule has 0 unspecified atom stereocenters. The van der Waals surface area contributed by atoms with Gasteiger partial charge in [0.1, 0.15) is 0 Å². The average molecular weight is 255 g/mol. The van der Waals surface area contributed by atoms with Crippen molar-refractivity contribution in [3.8, 4) is 0 Å². The van der Waals surface area contributed by atoms with Crippen LogP contribution in [0.1, 0.15) is 51.9 Å². The number of nitrogens with two attached hydrogens (primary N) is 1. The highest BCUT2D eigenvalue weighted by Gasteiger charge is 2.16. The Morgan fingerprint density at radius 1 is 1.22 bits per heavy atom. The minimum absolute atomic E-state index is 0.170. The molecule has 0 heterocycles. The van der Waals surface area contributed by atoms with E-state index in [1.807, 2.05) is 0 Å². The fourth-order valence-electron chi connectivity index (χ4n) is 2.67. The minimum Gasteiger partial charge on any atom is -0.352 e. The third-order valence-electron chi connectivity index (χ3n) is 3.57. The zero-order chi connectivity index (χ0) is 13.2. The predicted molar refractivity (Wildman–Crippen MR) is 75.4 cm³/mol. The Morgan fingerprint density at radius 3 is 2.44 bits per heavy atom. The summed E-state index contributed by atoms with van der Waals surface area (Å²) in [7, 11) is 0. The van der Waals surface area contributed by atoms with Crippen LogP contribution < -0.4 is 11.1 Å². The molecule has 0 saturated heterocycles. The summed E-state index contributed by atoms with van der Waals surface area (Å²) < 4.78 is 0. The van der Waals surface area contributed by atoms with Crippen molar-refractivity contribution < 1.29 is 4.79 Å². The highest BCUT2D eigenvalue weighted by molar-refractivity contribution is 5.78. The molecule has 0 aliphatic heterocycles. The molecule has 1 saturated carbocycles. The largest absolute Gasteiger partial charge is 0.352 e. The lowest BCUT2D eigenvalue weighted by atomic mass is 10.1. The fourth-order valence-corrected chi connectivity index (χ4v) is 2.67. The molecular weight excluding hydrogens is 226 g/mol. The number of hydrogen-bond donors (Lipinski definition) is 2. The van der Waals surface area contributed by atoms with Gasteiger partial charge < -0.3 is 11.1 Å². The molecule has 3 N–H and O–H groups in total.